The highest BCUT2D eigenvalue weighted by Gasteiger charge is 2.52. The van der Waals surface area contributed by atoms with E-state index >= 15 is 0 Å². The van der Waals surface area contributed by atoms with E-state index in [1.807, 2.05) is 6.92 Å². The minimum atomic E-state index is -5.92. The van der Waals surface area contributed by atoms with Crippen molar-refractivity contribution >= 4 is 20.4 Å². The second kappa shape index (κ2) is 9.33. The maximum atomic E-state index is 13.4. The molecule has 0 spiro atoms. The van der Waals surface area contributed by atoms with Gasteiger partial charge in [0.15, 0.2) is 0 Å². The molecule has 0 unspecified atom stereocenters. The molecule has 9 heteroatoms. The third-order valence-electron chi connectivity index (χ3n) is 4.25. The number of alkyl halides is 3. The Bertz CT molecular complexity index is 1050. The topological polar surface area (TPSA) is 52.6 Å². The van der Waals surface area contributed by atoms with Crippen LogP contribution in [0.2, 0.25) is 0 Å². The van der Waals surface area contributed by atoms with Crippen molar-refractivity contribution in [1.29, 1.82) is 0 Å². The van der Waals surface area contributed by atoms with Crippen LogP contribution in [0.1, 0.15) is 13.3 Å². The lowest BCUT2D eigenvalue weighted by Crippen LogP contribution is -2.27. The van der Waals surface area contributed by atoms with E-state index in [1.165, 1.54) is 0 Å². The predicted octanol–water partition coefficient (Wildman–Crippen LogP) is 6.54. The number of hydrogen-bond donors (Lipinski definition) is 0. The first-order chi connectivity index (χ1) is 14.7. The van der Waals surface area contributed by atoms with Crippen LogP contribution in [0.15, 0.2) is 99.6 Å². The van der Waals surface area contributed by atoms with Crippen molar-refractivity contribution in [1.82, 2.24) is 0 Å². The molecule has 0 N–H and O–H groups in total. The van der Waals surface area contributed by atoms with Crippen molar-refractivity contribution in [2.45, 2.75) is 33.5 Å². The Morgan fingerprint density at radius 1 is 0.742 bits per heavy atom. The van der Waals surface area contributed by atoms with Gasteiger partial charge in [0.05, 0.1) is 6.61 Å². The van der Waals surface area contributed by atoms with Gasteiger partial charge in [-0.1, -0.05) is 43.3 Å². The predicted molar refractivity (Wildman–Crippen MR) is 114 cm³/mol. The fourth-order valence-electron chi connectivity index (χ4n) is 2.87. The van der Waals surface area contributed by atoms with E-state index in [0.29, 0.717) is 27.0 Å². The summed E-state index contributed by atoms with van der Waals surface area (Å²) in [6.45, 7) is 2.43. The number of ether oxygens (including phenoxy) is 1. The lowest BCUT2D eigenvalue weighted by atomic mass is 10.3. The molecule has 0 saturated heterocycles. The summed E-state index contributed by atoms with van der Waals surface area (Å²) >= 11 is 0. The Labute approximate surface area is 181 Å². The first kappa shape index (κ1) is 23.2. The first-order valence-electron chi connectivity index (χ1n) is 9.39. The molecular formula is C22H21F3O4S2. The van der Waals surface area contributed by atoms with Crippen LogP contribution in [-0.2, 0) is 13.7 Å². The summed E-state index contributed by atoms with van der Waals surface area (Å²) < 4.78 is 75.4. The molecule has 3 rings (SSSR count). The lowest BCUT2D eigenvalue weighted by molar-refractivity contribution is -0.0496. The van der Waals surface area contributed by atoms with Gasteiger partial charge in [-0.05, 0) is 65.3 Å². The minimum absolute atomic E-state index is 0.293. The summed E-state index contributed by atoms with van der Waals surface area (Å²) in [4.78, 5) is 0.925. The Morgan fingerprint density at radius 3 is 1.61 bits per heavy atom. The second-order valence-corrected chi connectivity index (χ2v) is 10.9. The van der Waals surface area contributed by atoms with E-state index in [0.717, 1.165) is 6.42 Å². The van der Waals surface area contributed by atoms with Crippen LogP contribution in [-0.4, -0.2) is 20.5 Å². The summed E-state index contributed by atoms with van der Waals surface area (Å²) in [6, 6.07) is 22.5. The van der Waals surface area contributed by atoms with E-state index in [-0.39, 0.29) is 0 Å². The van der Waals surface area contributed by atoms with Gasteiger partial charge in [0, 0.05) is 14.7 Å². The number of benzene rings is 3. The second-order valence-electron chi connectivity index (χ2n) is 6.47. The third-order valence-corrected chi connectivity index (χ3v) is 9.16. The average Bonchev–Trinajstić information content (AvgIpc) is 2.77. The Morgan fingerprint density at radius 2 is 1.19 bits per heavy atom. The molecule has 0 aromatic heterocycles. The van der Waals surface area contributed by atoms with E-state index in [4.69, 9.17) is 8.37 Å². The molecule has 0 fully saturated rings. The Balaban J connectivity index is 2.28. The Hall–Kier alpha value is -2.49. The fraction of sp³-hybridized carbons (Fsp3) is 0.182. The van der Waals surface area contributed by atoms with E-state index in [2.05, 4.69) is 0 Å². The summed E-state index contributed by atoms with van der Waals surface area (Å²) in [6.07, 6.45) is 0.790. The SMILES string of the molecule is CCCOc1ccc(S(OS(=O)(=O)C(F)(F)F)(c2ccccc2)c2ccccc2)cc1. The maximum absolute atomic E-state index is 13.4. The fourth-order valence-corrected chi connectivity index (χ4v) is 7.61. The van der Waals surface area contributed by atoms with Gasteiger partial charge in [-0.25, -0.2) is 0 Å². The highest BCUT2D eigenvalue weighted by molar-refractivity contribution is 8.33. The molecule has 0 heterocycles. The van der Waals surface area contributed by atoms with Crippen LogP contribution in [0.4, 0.5) is 13.2 Å². The van der Waals surface area contributed by atoms with Crippen LogP contribution < -0.4 is 4.74 Å². The molecule has 4 nitrogen and oxygen atoms in total. The third kappa shape index (κ3) is 4.89. The van der Waals surface area contributed by atoms with Crippen molar-refractivity contribution in [3.05, 3.63) is 84.9 Å². The molecule has 0 amide bonds. The van der Waals surface area contributed by atoms with Gasteiger partial charge in [0.1, 0.15) is 5.75 Å². The molecule has 0 aliphatic carbocycles. The largest absolute Gasteiger partial charge is 0.524 e. The lowest BCUT2D eigenvalue weighted by Gasteiger charge is -2.39. The van der Waals surface area contributed by atoms with Crippen molar-refractivity contribution in [2.24, 2.45) is 0 Å². The van der Waals surface area contributed by atoms with Gasteiger partial charge in [0.25, 0.3) is 0 Å². The molecule has 0 saturated carbocycles. The molecule has 0 radical (unpaired) electrons. The molecule has 31 heavy (non-hydrogen) atoms. The zero-order valence-electron chi connectivity index (χ0n) is 16.6. The van der Waals surface area contributed by atoms with Gasteiger partial charge >= 0.3 is 15.6 Å². The smallest absolute Gasteiger partial charge is 0.494 e. The molecule has 3 aromatic carbocycles. The van der Waals surface area contributed by atoms with Crippen LogP contribution >= 0.6 is 10.3 Å². The number of rotatable bonds is 8. The molecule has 0 bridgehead atoms. The number of hydrogen-bond acceptors (Lipinski definition) is 4. The summed E-state index contributed by atoms with van der Waals surface area (Å²) in [7, 11) is -9.19. The van der Waals surface area contributed by atoms with Crippen molar-refractivity contribution in [2.75, 3.05) is 6.61 Å². The summed E-state index contributed by atoms with van der Waals surface area (Å²) in [5.41, 5.74) is -5.57. The van der Waals surface area contributed by atoms with Gasteiger partial charge in [-0.15, -0.1) is 0 Å². The monoisotopic (exact) mass is 470 g/mol. The average molecular weight is 471 g/mol. The zero-order chi connectivity index (χ0) is 22.5. The summed E-state index contributed by atoms with van der Waals surface area (Å²) in [5, 5.41) is 0. The highest BCUT2D eigenvalue weighted by Crippen LogP contribution is 2.70. The van der Waals surface area contributed by atoms with E-state index < -0.39 is 25.9 Å². The van der Waals surface area contributed by atoms with E-state index in [1.54, 1.807) is 84.9 Å². The standard InChI is InChI=1S/C22H21F3O4S2/c1-2-17-28-18-13-15-21(16-14-18)30(19-9-5-3-6-10-19,20-11-7-4-8-12-20)29-31(26,27)22(23,24)25/h3-16H,2,17H2,1H3. The molecular weight excluding hydrogens is 449 g/mol. The quantitative estimate of drug-likeness (QED) is 0.351. The molecule has 0 aliphatic rings. The van der Waals surface area contributed by atoms with Gasteiger partial charge in [-0.3, -0.25) is 0 Å². The highest BCUT2D eigenvalue weighted by atomic mass is 32.3. The zero-order valence-corrected chi connectivity index (χ0v) is 18.2. The molecule has 0 atom stereocenters. The van der Waals surface area contributed by atoms with Crippen molar-refractivity contribution < 1.29 is 30.0 Å². The minimum Gasteiger partial charge on any atom is -0.494 e. The van der Waals surface area contributed by atoms with Crippen LogP contribution in [0.25, 0.3) is 0 Å². The molecule has 0 aliphatic heterocycles. The number of halogens is 3. The van der Waals surface area contributed by atoms with Crippen molar-refractivity contribution in [3.8, 4) is 5.75 Å². The van der Waals surface area contributed by atoms with Gasteiger partial charge in [0.2, 0.25) is 0 Å². The maximum Gasteiger partial charge on any atom is 0.524 e. The Kier molecular flexibility index (Phi) is 6.98. The van der Waals surface area contributed by atoms with Gasteiger partial charge in [-0.2, -0.15) is 25.2 Å². The van der Waals surface area contributed by atoms with Crippen LogP contribution in [0.3, 0.4) is 0 Å². The first-order valence-corrected chi connectivity index (χ1v) is 12.4. The van der Waals surface area contributed by atoms with Gasteiger partial charge < -0.3 is 4.74 Å². The van der Waals surface area contributed by atoms with Crippen LogP contribution in [0, 0.1) is 0 Å². The normalized spacial score (nSPS) is 13.0. The van der Waals surface area contributed by atoms with Crippen molar-refractivity contribution in [3.63, 3.8) is 0 Å². The summed E-state index contributed by atoms with van der Waals surface area (Å²) in [5.74, 6) is 0.527. The molecule has 3 aromatic rings. The van der Waals surface area contributed by atoms with E-state index in [9.17, 15) is 21.6 Å². The van der Waals surface area contributed by atoms with Crippen LogP contribution in [0.5, 0.6) is 5.75 Å². The molecule has 166 valence electrons.